The molecule has 0 bridgehead atoms. The zero-order valence-electron chi connectivity index (χ0n) is 12.6. The second-order valence-electron chi connectivity index (χ2n) is 5.13. The maximum Gasteiger partial charge on any atom is 0.307 e. The van der Waals surface area contributed by atoms with Crippen LogP contribution in [0.2, 0.25) is 0 Å². The van der Waals surface area contributed by atoms with Crippen molar-refractivity contribution in [2.24, 2.45) is 5.92 Å². The molecule has 0 amide bonds. The lowest BCUT2D eigenvalue weighted by atomic mass is 10.1. The SMILES string of the molecule is COCCCN(Cc1cccc(C#N)c1)CC(C)C(=O)O. The van der Waals surface area contributed by atoms with Crippen LogP contribution in [0.5, 0.6) is 0 Å². The van der Waals surface area contributed by atoms with E-state index in [9.17, 15) is 4.79 Å². The molecule has 0 aliphatic carbocycles. The van der Waals surface area contributed by atoms with Crippen LogP contribution in [0.4, 0.5) is 0 Å². The smallest absolute Gasteiger partial charge is 0.307 e. The molecule has 0 saturated carbocycles. The van der Waals surface area contributed by atoms with Gasteiger partial charge in [0.15, 0.2) is 0 Å². The molecule has 1 unspecified atom stereocenters. The summed E-state index contributed by atoms with van der Waals surface area (Å²) in [7, 11) is 1.65. The standard InChI is InChI=1S/C16H22N2O3/c1-13(16(19)20)11-18(7-4-8-21-2)12-15-6-3-5-14(9-15)10-17/h3,5-6,9,13H,4,7-8,11-12H2,1-2H3,(H,19,20). The summed E-state index contributed by atoms with van der Waals surface area (Å²) in [4.78, 5) is 13.1. The second-order valence-corrected chi connectivity index (χ2v) is 5.13. The molecule has 1 aromatic carbocycles. The van der Waals surface area contributed by atoms with Crippen LogP contribution in [0, 0.1) is 17.2 Å². The Balaban J connectivity index is 2.70. The zero-order chi connectivity index (χ0) is 15.7. The van der Waals surface area contributed by atoms with E-state index in [1.165, 1.54) is 0 Å². The van der Waals surface area contributed by atoms with Gasteiger partial charge in [0.25, 0.3) is 0 Å². The van der Waals surface area contributed by atoms with Gasteiger partial charge < -0.3 is 9.84 Å². The van der Waals surface area contributed by atoms with Crippen molar-refractivity contribution in [1.82, 2.24) is 4.90 Å². The maximum atomic E-state index is 11.0. The fraction of sp³-hybridized carbons (Fsp3) is 0.500. The van der Waals surface area contributed by atoms with Crippen LogP contribution in [0.25, 0.3) is 0 Å². The molecule has 1 atom stereocenters. The van der Waals surface area contributed by atoms with Gasteiger partial charge in [0.2, 0.25) is 0 Å². The first-order chi connectivity index (χ1) is 10.1. The average Bonchev–Trinajstić information content (AvgIpc) is 2.47. The summed E-state index contributed by atoms with van der Waals surface area (Å²) >= 11 is 0. The number of methoxy groups -OCH3 is 1. The van der Waals surface area contributed by atoms with E-state index in [-0.39, 0.29) is 0 Å². The van der Waals surface area contributed by atoms with Crippen molar-refractivity contribution in [3.63, 3.8) is 0 Å². The molecule has 1 aromatic rings. The number of hydrogen-bond acceptors (Lipinski definition) is 4. The van der Waals surface area contributed by atoms with Gasteiger partial charge in [-0.3, -0.25) is 9.69 Å². The lowest BCUT2D eigenvalue weighted by molar-refractivity contribution is -0.141. The third kappa shape index (κ3) is 6.39. The Bertz CT molecular complexity index is 497. The van der Waals surface area contributed by atoms with Crippen molar-refractivity contribution in [2.45, 2.75) is 19.9 Å². The number of aliphatic carboxylic acids is 1. The van der Waals surface area contributed by atoms with Crippen LogP contribution in [-0.2, 0) is 16.1 Å². The first-order valence-electron chi connectivity index (χ1n) is 7.00. The van der Waals surface area contributed by atoms with Gasteiger partial charge in [-0.15, -0.1) is 0 Å². The van der Waals surface area contributed by atoms with Crippen molar-refractivity contribution in [1.29, 1.82) is 5.26 Å². The molecule has 5 nitrogen and oxygen atoms in total. The summed E-state index contributed by atoms with van der Waals surface area (Å²) in [6, 6.07) is 9.53. The van der Waals surface area contributed by atoms with Crippen molar-refractivity contribution in [2.75, 3.05) is 26.8 Å². The Kier molecular flexibility index (Phi) is 7.44. The van der Waals surface area contributed by atoms with Gasteiger partial charge in [0.05, 0.1) is 17.6 Å². The minimum Gasteiger partial charge on any atom is -0.481 e. The Labute approximate surface area is 125 Å². The van der Waals surface area contributed by atoms with Gasteiger partial charge in [-0.1, -0.05) is 19.1 Å². The number of nitrogens with zero attached hydrogens (tertiary/aromatic N) is 2. The summed E-state index contributed by atoms with van der Waals surface area (Å²) in [6.45, 7) is 4.24. The lowest BCUT2D eigenvalue weighted by Crippen LogP contribution is -2.32. The highest BCUT2D eigenvalue weighted by molar-refractivity contribution is 5.69. The van der Waals surface area contributed by atoms with E-state index in [0.717, 1.165) is 18.5 Å². The first-order valence-corrected chi connectivity index (χ1v) is 7.00. The van der Waals surface area contributed by atoms with Gasteiger partial charge in [0.1, 0.15) is 0 Å². The van der Waals surface area contributed by atoms with Crippen LogP contribution in [0.15, 0.2) is 24.3 Å². The maximum absolute atomic E-state index is 11.0. The number of rotatable bonds is 9. The molecule has 1 N–H and O–H groups in total. The molecule has 21 heavy (non-hydrogen) atoms. The molecule has 0 radical (unpaired) electrons. The molecule has 0 saturated heterocycles. The number of carboxylic acid groups (broad SMARTS) is 1. The summed E-state index contributed by atoms with van der Waals surface area (Å²) in [6.07, 6.45) is 0.848. The van der Waals surface area contributed by atoms with Crippen molar-refractivity contribution in [3.05, 3.63) is 35.4 Å². The number of carboxylic acids is 1. The highest BCUT2D eigenvalue weighted by Gasteiger charge is 2.16. The molecule has 0 aliphatic heterocycles. The highest BCUT2D eigenvalue weighted by atomic mass is 16.5. The third-order valence-electron chi connectivity index (χ3n) is 3.24. The van der Waals surface area contributed by atoms with E-state index < -0.39 is 11.9 Å². The fourth-order valence-electron chi connectivity index (χ4n) is 2.13. The number of carbonyl (C=O) groups is 1. The summed E-state index contributed by atoms with van der Waals surface area (Å²) in [5.41, 5.74) is 1.64. The van der Waals surface area contributed by atoms with E-state index in [4.69, 9.17) is 15.1 Å². The third-order valence-corrected chi connectivity index (χ3v) is 3.24. The molecule has 0 aromatic heterocycles. The van der Waals surface area contributed by atoms with Crippen LogP contribution in [0.1, 0.15) is 24.5 Å². The van der Waals surface area contributed by atoms with Crippen molar-refractivity contribution >= 4 is 5.97 Å². The first kappa shape index (κ1) is 17.2. The Morgan fingerprint density at radius 3 is 2.90 bits per heavy atom. The van der Waals surface area contributed by atoms with E-state index in [2.05, 4.69) is 11.0 Å². The van der Waals surface area contributed by atoms with E-state index in [1.807, 2.05) is 18.2 Å². The molecule has 0 heterocycles. The quantitative estimate of drug-likeness (QED) is 0.705. The predicted octanol–water partition coefficient (Wildman–Crippen LogP) is 2.12. The minimum absolute atomic E-state index is 0.424. The molecule has 0 fully saturated rings. The van der Waals surface area contributed by atoms with Crippen LogP contribution >= 0.6 is 0 Å². The van der Waals surface area contributed by atoms with E-state index >= 15 is 0 Å². The normalized spacial score (nSPS) is 12.1. The number of benzene rings is 1. The Morgan fingerprint density at radius 1 is 1.52 bits per heavy atom. The summed E-state index contributed by atoms with van der Waals surface area (Å²) in [5, 5.41) is 18.0. The molecule has 0 spiro atoms. The highest BCUT2D eigenvalue weighted by Crippen LogP contribution is 2.10. The number of ether oxygens (including phenoxy) is 1. The largest absolute Gasteiger partial charge is 0.481 e. The monoisotopic (exact) mass is 290 g/mol. The number of hydrogen-bond donors (Lipinski definition) is 1. The van der Waals surface area contributed by atoms with Crippen molar-refractivity contribution < 1.29 is 14.6 Å². The van der Waals surface area contributed by atoms with Gasteiger partial charge in [-0.2, -0.15) is 5.26 Å². The molecule has 0 aliphatic rings. The number of nitriles is 1. The minimum atomic E-state index is -0.794. The van der Waals surface area contributed by atoms with E-state index in [1.54, 1.807) is 20.1 Å². The summed E-state index contributed by atoms with van der Waals surface area (Å²) < 4.78 is 5.05. The van der Waals surface area contributed by atoms with Crippen molar-refractivity contribution in [3.8, 4) is 6.07 Å². The van der Waals surface area contributed by atoms with Gasteiger partial charge >= 0.3 is 5.97 Å². The van der Waals surface area contributed by atoms with Crippen LogP contribution in [-0.4, -0.2) is 42.8 Å². The Hall–Kier alpha value is -1.90. The van der Waals surface area contributed by atoms with E-state index in [0.29, 0.717) is 25.3 Å². The van der Waals surface area contributed by atoms with Gasteiger partial charge in [-0.05, 0) is 24.1 Å². The van der Waals surface area contributed by atoms with Gasteiger partial charge in [0, 0.05) is 33.4 Å². The topological polar surface area (TPSA) is 73.6 Å². The second kappa shape index (κ2) is 9.11. The fourth-order valence-corrected chi connectivity index (χ4v) is 2.13. The van der Waals surface area contributed by atoms with Crippen LogP contribution in [0.3, 0.4) is 0 Å². The summed E-state index contributed by atoms with van der Waals surface area (Å²) in [5.74, 6) is -1.22. The lowest BCUT2D eigenvalue weighted by Gasteiger charge is -2.24. The molecular weight excluding hydrogens is 268 g/mol. The van der Waals surface area contributed by atoms with Gasteiger partial charge in [-0.25, -0.2) is 0 Å². The Morgan fingerprint density at radius 2 is 2.29 bits per heavy atom. The predicted molar refractivity (Wildman–Crippen MR) is 79.7 cm³/mol. The average molecular weight is 290 g/mol. The molecule has 5 heteroatoms. The zero-order valence-corrected chi connectivity index (χ0v) is 12.6. The van der Waals surface area contributed by atoms with Crippen LogP contribution < -0.4 is 0 Å². The molecule has 1 rings (SSSR count). The molecule has 114 valence electrons. The molecular formula is C16H22N2O3.